The zero-order chi connectivity index (χ0) is 16.9. The van der Waals surface area contributed by atoms with Gasteiger partial charge in [0.05, 0.1) is 24.1 Å². The Morgan fingerprint density at radius 3 is 2.62 bits per heavy atom. The van der Waals surface area contributed by atoms with Crippen molar-refractivity contribution in [2.24, 2.45) is 0 Å². The van der Waals surface area contributed by atoms with Crippen LogP contribution in [0.5, 0.6) is 0 Å². The fourth-order valence-electron chi connectivity index (χ4n) is 2.12. The van der Waals surface area contributed by atoms with Crippen LogP contribution in [-0.2, 0) is 6.54 Å². The van der Waals surface area contributed by atoms with Crippen molar-refractivity contribution < 1.29 is 13.6 Å². The zero-order valence-electron chi connectivity index (χ0n) is 12.4. The Bertz CT molecular complexity index is 830. The van der Waals surface area contributed by atoms with Crippen molar-refractivity contribution in [3.05, 3.63) is 66.0 Å². The summed E-state index contributed by atoms with van der Waals surface area (Å²) in [5, 5.41) is 11.6. The van der Waals surface area contributed by atoms with Crippen molar-refractivity contribution in [3.63, 3.8) is 0 Å². The second kappa shape index (κ2) is 6.86. The fraction of sp³-hybridized carbons (Fsp3) is 0.0625. The number of pyridine rings is 1. The molecule has 0 bridgehead atoms. The zero-order valence-corrected chi connectivity index (χ0v) is 12.4. The standard InChI is InChI=1S/C16H13F2N5O/c17-11-4-3-5-12(18)10(11)8-20-16(24)22-14-9-21-23-15(14)13-6-1-2-7-19-13/h1-7,9H,8H2,(H,21,23)(H2,20,22,24). The summed E-state index contributed by atoms with van der Waals surface area (Å²) in [6.07, 6.45) is 3.04. The largest absolute Gasteiger partial charge is 0.334 e. The van der Waals surface area contributed by atoms with E-state index in [1.165, 1.54) is 12.3 Å². The van der Waals surface area contributed by atoms with Gasteiger partial charge in [-0.25, -0.2) is 13.6 Å². The molecule has 2 heterocycles. The van der Waals surface area contributed by atoms with E-state index in [4.69, 9.17) is 0 Å². The Labute approximate surface area is 135 Å². The summed E-state index contributed by atoms with van der Waals surface area (Å²) in [6, 6.07) is 8.23. The number of anilines is 1. The first-order valence-electron chi connectivity index (χ1n) is 7.07. The molecule has 0 spiro atoms. The normalized spacial score (nSPS) is 10.4. The van der Waals surface area contributed by atoms with Crippen LogP contribution in [0.3, 0.4) is 0 Å². The van der Waals surface area contributed by atoms with Gasteiger partial charge < -0.3 is 10.6 Å². The molecule has 0 fully saturated rings. The average Bonchev–Trinajstić information content (AvgIpc) is 3.03. The number of aromatic nitrogens is 3. The Kier molecular flexibility index (Phi) is 4.46. The van der Waals surface area contributed by atoms with E-state index < -0.39 is 17.7 Å². The van der Waals surface area contributed by atoms with Crippen molar-refractivity contribution in [1.82, 2.24) is 20.5 Å². The van der Waals surface area contributed by atoms with E-state index in [-0.39, 0.29) is 12.1 Å². The second-order valence-electron chi connectivity index (χ2n) is 4.88. The molecule has 0 aliphatic heterocycles. The van der Waals surface area contributed by atoms with Gasteiger partial charge in [0.15, 0.2) is 0 Å². The van der Waals surface area contributed by atoms with Gasteiger partial charge in [0, 0.05) is 11.8 Å². The molecular weight excluding hydrogens is 316 g/mol. The van der Waals surface area contributed by atoms with Gasteiger partial charge in [-0.15, -0.1) is 0 Å². The van der Waals surface area contributed by atoms with Crippen LogP contribution in [0.25, 0.3) is 11.4 Å². The predicted molar refractivity (Wildman–Crippen MR) is 84.0 cm³/mol. The maximum absolute atomic E-state index is 13.5. The highest BCUT2D eigenvalue weighted by atomic mass is 19.1. The van der Waals surface area contributed by atoms with Crippen LogP contribution in [0.1, 0.15) is 5.56 Å². The molecule has 0 aliphatic rings. The molecule has 0 radical (unpaired) electrons. The number of carbonyl (C=O) groups is 1. The monoisotopic (exact) mass is 329 g/mol. The second-order valence-corrected chi connectivity index (χ2v) is 4.88. The van der Waals surface area contributed by atoms with E-state index in [0.29, 0.717) is 17.1 Å². The van der Waals surface area contributed by atoms with Crippen molar-refractivity contribution in [1.29, 1.82) is 0 Å². The summed E-state index contributed by atoms with van der Waals surface area (Å²) in [7, 11) is 0. The van der Waals surface area contributed by atoms with E-state index in [9.17, 15) is 13.6 Å². The van der Waals surface area contributed by atoms with Crippen LogP contribution in [0.4, 0.5) is 19.3 Å². The Balaban J connectivity index is 1.67. The lowest BCUT2D eigenvalue weighted by Gasteiger charge is -2.09. The molecule has 0 saturated heterocycles. The molecule has 0 aliphatic carbocycles. The number of amides is 2. The minimum atomic E-state index is -0.715. The van der Waals surface area contributed by atoms with E-state index in [2.05, 4.69) is 25.8 Å². The number of halogens is 2. The van der Waals surface area contributed by atoms with Crippen LogP contribution >= 0.6 is 0 Å². The molecule has 1 aromatic carbocycles. The van der Waals surface area contributed by atoms with E-state index in [1.807, 2.05) is 0 Å². The number of benzene rings is 1. The minimum absolute atomic E-state index is 0.204. The lowest BCUT2D eigenvalue weighted by molar-refractivity contribution is 0.251. The molecule has 122 valence electrons. The van der Waals surface area contributed by atoms with Gasteiger partial charge in [-0.1, -0.05) is 12.1 Å². The number of H-pyrrole nitrogens is 1. The molecule has 2 aromatic heterocycles. The minimum Gasteiger partial charge on any atom is -0.334 e. The summed E-state index contributed by atoms with van der Waals surface area (Å²) in [6.45, 7) is -0.277. The van der Waals surface area contributed by atoms with Gasteiger partial charge in [0.1, 0.15) is 17.3 Å². The van der Waals surface area contributed by atoms with Crippen molar-refractivity contribution >= 4 is 11.7 Å². The number of carbonyl (C=O) groups excluding carboxylic acids is 1. The van der Waals surface area contributed by atoms with E-state index in [1.54, 1.807) is 24.4 Å². The summed E-state index contributed by atoms with van der Waals surface area (Å²) >= 11 is 0. The maximum Gasteiger partial charge on any atom is 0.319 e. The maximum atomic E-state index is 13.5. The summed E-state index contributed by atoms with van der Waals surface area (Å²) in [5.74, 6) is -1.43. The van der Waals surface area contributed by atoms with E-state index in [0.717, 1.165) is 12.1 Å². The molecule has 2 amide bonds. The first-order valence-corrected chi connectivity index (χ1v) is 7.07. The third kappa shape index (κ3) is 3.37. The third-order valence-corrected chi connectivity index (χ3v) is 3.30. The van der Waals surface area contributed by atoms with Crippen molar-refractivity contribution in [2.75, 3.05) is 5.32 Å². The topological polar surface area (TPSA) is 82.7 Å². The Morgan fingerprint density at radius 1 is 1.12 bits per heavy atom. The summed E-state index contributed by atoms with van der Waals surface area (Å²) < 4.78 is 27.1. The molecular formula is C16H13F2N5O. The number of nitrogens with zero attached hydrogens (tertiary/aromatic N) is 2. The lowest BCUT2D eigenvalue weighted by Crippen LogP contribution is -2.29. The SMILES string of the molecule is O=C(NCc1c(F)cccc1F)Nc1cn[nH]c1-c1ccccn1. The van der Waals surface area contributed by atoms with Crippen LogP contribution in [0.15, 0.2) is 48.8 Å². The van der Waals surface area contributed by atoms with E-state index >= 15 is 0 Å². The summed E-state index contributed by atoms with van der Waals surface area (Å²) in [5.41, 5.74) is 1.33. The quantitative estimate of drug-likeness (QED) is 0.688. The molecule has 0 unspecified atom stereocenters. The van der Waals surface area contributed by atoms with Gasteiger partial charge in [-0.2, -0.15) is 5.10 Å². The van der Waals surface area contributed by atoms with Crippen LogP contribution in [0, 0.1) is 11.6 Å². The highest BCUT2D eigenvalue weighted by Gasteiger charge is 2.13. The van der Waals surface area contributed by atoms with Gasteiger partial charge in [-0.3, -0.25) is 10.1 Å². The molecule has 8 heteroatoms. The van der Waals surface area contributed by atoms with Crippen LogP contribution < -0.4 is 10.6 Å². The molecule has 3 rings (SSSR count). The predicted octanol–water partition coefficient (Wildman–Crippen LogP) is 3.07. The molecule has 3 N–H and O–H groups in total. The number of hydrogen-bond donors (Lipinski definition) is 3. The highest BCUT2D eigenvalue weighted by Crippen LogP contribution is 2.22. The molecule has 6 nitrogen and oxygen atoms in total. The lowest BCUT2D eigenvalue weighted by atomic mass is 10.2. The number of rotatable bonds is 4. The van der Waals surface area contributed by atoms with Gasteiger partial charge in [0.2, 0.25) is 0 Å². The number of hydrogen-bond acceptors (Lipinski definition) is 3. The van der Waals surface area contributed by atoms with Gasteiger partial charge >= 0.3 is 6.03 Å². The number of aromatic amines is 1. The van der Waals surface area contributed by atoms with Gasteiger partial charge in [-0.05, 0) is 24.3 Å². The Morgan fingerprint density at radius 2 is 1.92 bits per heavy atom. The van der Waals surface area contributed by atoms with Crippen molar-refractivity contribution in [2.45, 2.75) is 6.54 Å². The molecule has 0 saturated carbocycles. The van der Waals surface area contributed by atoms with Crippen molar-refractivity contribution in [3.8, 4) is 11.4 Å². The number of nitrogens with one attached hydrogen (secondary N) is 3. The third-order valence-electron chi connectivity index (χ3n) is 3.30. The number of urea groups is 1. The molecule has 3 aromatic rings. The molecule has 0 atom stereocenters. The Hall–Kier alpha value is -3.29. The van der Waals surface area contributed by atoms with Gasteiger partial charge in [0.25, 0.3) is 0 Å². The van der Waals surface area contributed by atoms with Crippen LogP contribution in [-0.4, -0.2) is 21.2 Å². The first kappa shape index (κ1) is 15.6. The summed E-state index contributed by atoms with van der Waals surface area (Å²) in [4.78, 5) is 16.1. The highest BCUT2D eigenvalue weighted by molar-refractivity contribution is 5.92. The molecule has 24 heavy (non-hydrogen) atoms. The fourth-order valence-corrected chi connectivity index (χ4v) is 2.12. The van der Waals surface area contributed by atoms with Crippen LogP contribution in [0.2, 0.25) is 0 Å². The smallest absolute Gasteiger partial charge is 0.319 e. The average molecular weight is 329 g/mol. The first-order chi connectivity index (χ1) is 11.6.